The molecule has 2 fully saturated rings. The summed E-state index contributed by atoms with van der Waals surface area (Å²) in [6, 6.07) is 0. The fraction of sp³-hybridized carbons (Fsp3) is 0.950. The Labute approximate surface area is 148 Å². The molecule has 0 aromatic rings. The molecule has 0 radical (unpaired) electrons. The Kier molecular flexibility index (Phi) is 7.55. The van der Waals surface area contributed by atoms with E-state index in [2.05, 4.69) is 33.0 Å². The molecule has 3 atom stereocenters. The van der Waals surface area contributed by atoms with Crippen LogP contribution < -0.4 is 5.32 Å². The molecule has 2 aliphatic heterocycles. The molecular weight excluding hydrogens is 302 g/mol. The van der Waals surface area contributed by atoms with Crippen molar-refractivity contribution in [3.05, 3.63) is 0 Å². The molecule has 0 spiro atoms. The van der Waals surface area contributed by atoms with Crippen LogP contribution in [0.25, 0.3) is 0 Å². The summed E-state index contributed by atoms with van der Waals surface area (Å²) in [6.45, 7) is 11.3. The maximum Gasteiger partial charge on any atom is 0.220 e. The average molecular weight is 340 g/mol. The van der Waals surface area contributed by atoms with E-state index in [9.17, 15) is 4.79 Å². The van der Waals surface area contributed by atoms with Crippen LogP contribution in [-0.4, -0.2) is 37.9 Å². The average Bonchev–Trinajstić information content (AvgIpc) is 3.05. The first-order chi connectivity index (χ1) is 11.4. The zero-order chi connectivity index (χ0) is 17.6. The molecule has 24 heavy (non-hydrogen) atoms. The Balaban J connectivity index is 1.92. The lowest BCUT2D eigenvalue weighted by atomic mass is 9.69. The number of amides is 1. The molecule has 4 nitrogen and oxygen atoms in total. The molecule has 1 N–H and O–H groups in total. The van der Waals surface area contributed by atoms with Gasteiger partial charge in [0.1, 0.15) is 0 Å². The van der Waals surface area contributed by atoms with Crippen LogP contribution in [-0.2, 0) is 14.3 Å². The molecule has 0 aromatic carbocycles. The second-order valence-corrected chi connectivity index (χ2v) is 8.66. The van der Waals surface area contributed by atoms with Gasteiger partial charge in [-0.15, -0.1) is 0 Å². The Morgan fingerprint density at radius 3 is 2.62 bits per heavy atom. The highest BCUT2D eigenvalue weighted by atomic mass is 16.5. The van der Waals surface area contributed by atoms with Crippen molar-refractivity contribution >= 4 is 5.91 Å². The van der Waals surface area contributed by atoms with Gasteiger partial charge in [-0.1, -0.05) is 34.1 Å². The van der Waals surface area contributed by atoms with Gasteiger partial charge in [0, 0.05) is 26.2 Å². The van der Waals surface area contributed by atoms with Gasteiger partial charge < -0.3 is 14.8 Å². The number of carbonyl (C=O) groups is 1. The topological polar surface area (TPSA) is 47.6 Å². The van der Waals surface area contributed by atoms with Crippen molar-refractivity contribution < 1.29 is 14.3 Å². The molecule has 2 saturated heterocycles. The van der Waals surface area contributed by atoms with Crippen LogP contribution in [0.4, 0.5) is 0 Å². The SMILES string of the molecule is CC(C)CCC1(CC(=O)NCC2CCCO2)CCOC(C(C)C)C1. The Hall–Kier alpha value is -0.610. The smallest absolute Gasteiger partial charge is 0.220 e. The van der Waals surface area contributed by atoms with E-state index in [-0.39, 0.29) is 23.5 Å². The van der Waals surface area contributed by atoms with Gasteiger partial charge in [0.05, 0.1) is 12.2 Å². The van der Waals surface area contributed by atoms with E-state index in [0.29, 0.717) is 24.8 Å². The number of hydrogen-bond acceptors (Lipinski definition) is 3. The van der Waals surface area contributed by atoms with Crippen LogP contribution in [0.2, 0.25) is 0 Å². The first kappa shape index (κ1) is 19.7. The van der Waals surface area contributed by atoms with Crippen LogP contribution in [0.5, 0.6) is 0 Å². The van der Waals surface area contributed by atoms with Crippen molar-refractivity contribution in [2.24, 2.45) is 17.3 Å². The van der Waals surface area contributed by atoms with Gasteiger partial charge in [-0.2, -0.15) is 0 Å². The van der Waals surface area contributed by atoms with Crippen molar-refractivity contribution in [2.75, 3.05) is 19.8 Å². The van der Waals surface area contributed by atoms with E-state index >= 15 is 0 Å². The summed E-state index contributed by atoms with van der Waals surface area (Å²) in [7, 11) is 0. The van der Waals surface area contributed by atoms with Gasteiger partial charge in [-0.25, -0.2) is 0 Å². The van der Waals surface area contributed by atoms with E-state index < -0.39 is 0 Å². The highest BCUT2D eigenvalue weighted by molar-refractivity contribution is 5.76. The van der Waals surface area contributed by atoms with Gasteiger partial charge in [0.15, 0.2) is 0 Å². The van der Waals surface area contributed by atoms with Crippen molar-refractivity contribution in [3.8, 4) is 0 Å². The lowest BCUT2D eigenvalue weighted by Gasteiger charge is -2.42. The van der Waals surface area contributed by atoms with Crippen molar-refractivity contribution in [1.82, 2.24) is 5.32 Å². The van der Waals surface area contributed by atoms with Crippen LogP contribution >= 0.6 is 0 Å². The largest absolute Gasteiger partial charge is 0.378 e. The van der Waals surface area contributed by atoms with E-state index in [0.717, 1.165) is 45.3 Å². The number of nitrogens with one attached hydrogen (secondary N) is 1. The summed E-state index contributed by atoms with van der Waals surface area (Å²) >= 11 is 0. The highest BCUT2D eigenvalue weighted by Crippen LogP contribution is 2.43. The minimum atomic E-state index is 0.109. The molecule has 3 unspecified atom stereocenters. The van der Waals surface area contributed by atoms with Crippen molar-refractivity contribution in [2.45, 2.75) is 84.8 Å². The van der Waals surface area contributed by atoms with Gasteiger partial charge in [-0.05, 0) is 49.4 Å². The second kappa shape index (κ2) is 9.19. The summed E-state index contributed by atoms with van der Waals surface area (Å²) < 4.78 is 11.6. The molecule has 0 saturated carbocycles. The van der Waals surface area contributed by atoms with Crippen molar-refractivity contribution in [1.29, 1.82) is 0 Å². The second-order valence-electron chi connectivity index (χ2n) is 8.66. The van der Waals surface area contributed by atoms with E-state index in [1.165, 1.54) is 6.42 Å². The normalized spacial score (nSPS) is 30.9. The highest BCUT2D eigenvalue weighted by Gasteiger charge is 2.39. The summed E-state index contributed by atoms with van der Waals surface area (Å²) in [5.41, 5.74) is 0.109. The maximum atomic E-state index is 12.6. The summed E-state index contributed by atoms with van der Waals surface area (Å²) in [6.07, 6.45) is 7.68. The summed E-state index contributed by atoms with van der Waals surface area (Å²) in [5, 5.41) is 3.12. The first-order valence-corrected chi connectivity index (χ1v) is 9.90. The standard InChI is InChI=1S/C20H37NO3/c1-15(2)7-8-20(9-11-24-18(12-20)16(3)4)13-19(22)21-14-17-6-5-10-23-17/h15-18H,5-14H2,1-4H3,(H,21,22). The molecule has 0 bridgehead atoms. The predicted molar refractivity (Wildman–Crippen MR) is 96.9 cm³/mol. The molecule has 2 rings (SSSR count). The maximum absolute atomic E-state index is 12.6. The number of hydrogen-bond donors (Lipinski definition) is 1. The van der Waals surface area contributed by atoms with E-state index in [1.807, 2.05) is 0 Å². The minimum Gasteiger partial charge on any atom is -0.378 e. The Morgan fingerprint density at radius 1 is 1.21 bits per heavy atom. The number of ether oxygens (including phenoxy) is 2. The summed E-state index contributed by atoms with van der Waals surface area (Å²) in [4.78, 5) is 12.6. The number of rotatable bonds is 8. The molecule has 4 heteroatoms. The van der Waals surface area contributed by atoms with Crippen LogP contribution in [0, 0.1) is 17.3 Å². The minimum absolute atomic E-state index is 0.109. The third kappa shape index (κ3) is 6.03. The van der Waals surface area contributed by atoms with Crippen LogP contribution in [0.15, 0.2) is 0 Å². The van der Waals surface area contributed by atoms with Gasteiger partial charge >= 0.3 is 0 Å². The summed E-state index contributed by atoms with van der Waals surface area (Å²) in [5.74, 6) is 1.38. The third-order valence-corrected chi connectivity index (χ3v) is 5.68. The lowest BCUT2D eigenvalue weighted by Crippen LogP contribution is -2.42. The van der Waals surface area contributed by atoms with Gasteiger partial charge in [0.2, 0.25) is 5.91 Å². The Morgan fingerprint density at radius 2 is 2.00 bits per heavy atom. The molecule has 0 aromatic heterocycles. The quantitative estimate of drug-likeness (QED) is 0.729. The zero-order valence-electron chi connectivity index (χ0n) is 16.1. The zero-order valence-corrected chi connectivity index (χ0v) is 16.1. The van der Waals surface area contributed by atoms with Gasteiger partial charge in [-0.3, -0.25) is 4.79 Å². The molecule has 1 amide bonds. The molecule has 0 aliphatic carbocycles. The van der Waals surface area contributed by atoms with E-state index in [1.54, 1.807) is 0 Å². The molecule has 2 aliphatic rings. The fourth-order valence-corrected chi connectivity index (χ4v) is 3.95. The van der Waals surface area contributed by atoms with Crippen LogP contribution in [0.1, 0.15) is 72.6 Å². The third-order valence-electron chi connectivity index (χ3n) is 5.68. The molecular formula is C20H37NO3. The molecule has 2 heterocycles. The molecule has 140 valence electrons. The monoisotopic (exact) mass is 339 g/mol. The Bertz CT molecular complexity index is 390. The van der Waals surface area contributed by atoms with Crippen molar-refractivity contribution in [3.63, 3.8) is 0 Å². The van der Waals surface area contributed by atoms with Crippen LogP contribution in [0.3, 0.4) is 0 Å². The lowest BCUT2D eigenvalue weighted by molar-refractivity contribution is -0.129. The fourth-order valence-electron chi connectivity index (χ4n) is 3.95. The number of carbonyl (C=O) groups excluding carboxylic acids is 1. The van der Waals surface area contributed by atoms with E-state index in [4.69, 9.17) is 9.47 Å². The van der Waals surface area contributed by atoms with Gasteiger partial charge in [0.25, 0.3) is 0 Å². The first-order valence-electron chi connectivity index (χ1n) is 9.90. The predicted octanol–water partition coefficient (Wildman–Crippen LogP) is 3.93.